The second-order valence-electron chi connectivity index (χ2n) is 6.11. The Balaban J connectivity index is 1.43. The van der Waals surface area contributed by atoms with Crippen molar-refractivity contribution in [1.82, 2.24) is 10.6 Å². The van der Waals surface area contributed by atoms with Crippen molar-refractivity contribution in [1.29, 1.82) is 0 Å². The fourth-order valence-electron chi connectivity index (χ4n) is 2.73. The van der Waals surface area contributed by atoms with Crippen LogP contribution < -0.4 is 20.1 Å². The van der Waals surface area contributed by atoms with Crippen molar-refractivity contribution in [3.63, 3.8) is 0 Å². The normalized spacial score (nSPS) is 18.0. The first kappa shape index (κ1) is 17.8. The molecule has 26 heavy (non-hydrogen) atoms. The number of nitrogens with one attached hydrogen (secondary N) is 2. The van der Waals surface area contributed by atoms with Crippen molar-refractivity contribution in [2.75, 3.05) is 13.1 Å². The van der Waals surface area contributed by atoms with Crippen molar-refractivity contribution in [3.8, 4) is 11.5 Å². The van der Waals surface area contributed by atoms with Gasteiger partial charge in [0.2, 0.25) is 12.0 Å². The van der Waals surface area contributed by atoms with Crippen LogP contribution in [0.3, 0.4) is 0 Å². The zero-order chi connectivity index (χ0) is 18.4. The van der Waals surface area contributed by atoms with Gasteiger partial charge in [-0.3, -0.25) is 9.59 Å². The smallest absolute Gasteiger partial charge is 0.265 e. The molecule has 2 N–H and O–H groups in total. The maximum atomic E-state index is 12.3. The molecule has 1 aliphatic heterocycles. The van der Waals surface area contributed by atoms with Gasteiger partial charge in [0.05, 0.1) is 6.54 Å². The molecule has 0 radical (unpaired) electrons. The molecule has 3 rings (SSSR count). The van der Waals surface area contributed by atoms with E-state index in [1.807, 2.05) is 42.5 Å². The van der Waals surface area contributed by atoms with Gasteiger partial charge in [0.25, 0.3) is 5.91 Å². The van der Waals surface area contributed by atoms with Crippen LogP contribution in [0.4, 0.5) is 0 Å². The molecule has 2 aromatic rings. The van der Waals surface area contributed by atoms with Crippen molar-refractivity contribution < 1.29 is 19.1 Å². The van der Waals surface area contributed by atoms with Crippen molar-refractivity contribution in [3.05, 3.63) is 60.2 Å². The Kier molecular flexibility index (Phi) is 5.73. The minimum atomic E-state index is -0.790. The molecule has 2 aromatic carbocycles. The molecular formula is C20H22N2O4. The fraction of sp³-hybridized carbons (Fsp3) is 0.300. The summed E-state index contributed by atoms with van der Waals surface area (Å²) in [7, 11) is 0. The van der Waals surface area contributed by atoms with Gasteiger partial charge in [-0.15, -0.1) is 0 Å². The van der Waals surface area contributed by atoms with Gasteiger partial charge in [-0.1, -0.05) is 42.5 Å². The number of carbonyl (C=O) groups excluding carboxylic acids is 2. The molecule has 0 bridgehead atoms. The Morgan fingerprint density at radius 1 is 0.923 bits per heavy atom. The lowest BCUT2D eigenvalue weighted by Crippen LogP contribution is -2.51. The second-order valence-corrected chi connectivity index (χ2v) is 6.11. The third-order valence-corrected chi connectivity index (χ3v) is 4.10. The first-order valence-corrected chi connectivity index (χ1v) is 8.64. The fourth-order valence-corrected chi connectivity index (χ4v) is 2.73. The standard InChI is InChI=1S/C20H22N2O4/c1-14-19(26-17-10-6-5-9-16(17)25-14)20(24)22-13-18(23)21-12-11-15-7-3-2-4-8-15/h2-10,14,19H,11-13H2,1H3,(H,21,23)(H,22,24)/t14-,19+/m1/s1. The van der Waals surface area contributed by atoms with Crippen LogP contribution in [0.1, 0.15) is 12.5 Å². The highest BCUT2D eigenvalue weighted by Gasteiger charge is 2.34. The molecule has 0 aliphatic carbocycles. The molecule has 0 aromatic heterocycles. The average Bonchev–Trinajstić information content (AvgIpc) is 2.66. The number of para-hydroxylation sites is 2. The Labute approximate surface area is 152 Å². The predicted octanol–water partition coefficient (Wildman–Crippen LogP) is 1.69. The maximum Gasteiger partial charge on any atom is 0.265 e. The van der Waals surface area contributed by atoms with Crippen LogP contribution in [-0.2, 0) is 16.0 Å². The average molecular weight is 354 g/mol. The van der Waals surface area contributed by atoms with Crippen molar-refractivity contribution >= 4 is 11.8 Å². The van der Waals surface area contributed by atoms with Crippen LogP contribution >= 0.6 is 0 Å². The highest BCUT2D eigenvalue weighted by molar-refractivity contribution is 5.87. The Bertz CT molecular complexity index is 763. The number of fused-ring (bicyclic) bond motifs is 1. The van der Waals surface area contributed by atoms with Crippen LogP contribution in [0, 0.1) is 0 Å². The summed E-state index contributed by atoms with van der Waals surface area (Å²) in [5.74, 6) is 0.532. The topological polar surface area (TPSA) is 76.7 Å². The predicted molar refractivity (Wildman–Crippen MR) is 97.1 cm³/mol. The molecule has 0 saturated carbocycles. The molecule has 136 valence electrons. The van der Waals surface area contributed by atoms with Crippen LogP contribution in [-0.4, -0.2) is 37.1 Å². The molecule has 0 spiro atoms. The van der Waals surface area contributed by atoms with Gasteiger partial charge in [-0.25, -0.2) is 0 Å². The molecule has 6 nitrogen and oxygen atoms in total. The summed E-state index contributed by atoms with van der Waals surface area (Å²) in [4.78, 5) is 24.2. The molecule has 0 unspecified atom stereocenters. The number of amides is 2. The van der Waals surface area contributed by atoms with Gasteiger partial charge in [0.1, 0.15) is 6.10 Å². The minimum absolute atomic E-state index is 0.0954. The molecule has 1 aliphatic rings. The number of hydrogen-bond donors (Lipinski definition) is 2. The SMILES string of the molecule is C[C@H]1Oc2ccccc2O[C@@H]1C(=O)NCC(=O)NCCc1ccccc1. The van der Waals surface area contributed by atoms with Crippen molar-refractivity contribution in [2.45, 2.75) is 25.6 Å². The summed E-state index contributed by atoms with van der Waals surface area (Å²) in [6.07, 6.45) is -0.485. The van der Waals surface area contributed by atoms with Crippen LogP contribution in [0.15, 0.2) is 54.6 Å². The molecular weight excluding hydrogens is 332 g/mol. The van der Waals surface area contributed by atoms with Gasteiger partial charge < -0.3 is 20.1 Å². The van der Waals surface area contributed by atoms with E-state index in [0.29, 0.717) is 18.0 Å². The van der Waals surface area contributed by atoms with E-state index < -0.39 is 12.2 Å². The quantitative estimate of drug-likeness (QED) is 0.828. The molecule has 0 fully saturated rings. The van der Waals surface area contributed by atoms with Gasteiger partial charge >= 0.3 is 0 Å². The third kappa shape index (κ3) is 4.53. The first-order valence-electron chi connectivity index (χ1n) is 8.64. The van der Waals surface area contributed by atoms with Crippen molar-refractivity contribution in [2.24, 2.45) is 0 Å². The zero-order valence-corrected chi connectivity index (χ0v) is 14.6. The number of hydrogen-bond acceptors (Lipinski definition) is 4. The van der Waals surface area contributed by atoms with Crippen LogP contribution in [0.25, 0.3) is 0 Å². The van der Waals surface area contributed by atoms with E-state index in [2.05, 4.69) is 10.6 Å². The lowest BCUT2D eigenvalue weighted by molar-refractivity contribution is -0.135. The molecule has 2 atom stereocenters. The zero-order valence-electron chi connectivity index (χ0n) is 14.6. The molecule has 1 heterocycles. The largest absolute Gasteiger partial charge is 0.482 e. The van der Waals surface area contributed by atoms with Gasteiger partial charge in [-0.05, 0) is 31.0 Å². The summed E-state index contributed by atoms with van der Waals surface area (Å²) < 4.78 is 11.4. The maximum absolute atomic E-state index is 12.3. The van der Waals surface area contributed by atoms with E-state index in [1.54, 1.807) is 19.1 Å². The van der Waals surface area contributed by atoms with E-state index in [0.717, 1.165) is 12.0 Å². The summed E-state index contributed by atoms with van der Waals surface area (Å²) >= 11 is 0. The Hall–Kier alpha value is -3.02. The van der Waals surface area contributed by atoms with E-state index in [4.69, 9.17) is 9.47 Å². The summed E-state index contributed by atoms with van der Waals surface area (Å²) in [5.41, 5.74) is 1.15. The van der Waals surface area contributed by atoms with E-state index in [9.17, 15) is 9.59 Å². The second kappa shape index (κ2) is 8.38. The molecule has 6 heteroatoms. The number of carbonyl (C=O) groups is 2. The number of benzene rings is 2. The van der Waals surface area contributed by atoms with E-state index in [-0.39, 0.29) is 18.4 Å². The minimum Gasteiger partial charge on any atom is -0.482 e. The van der Waals surface area contributed by atoms with E-state index in [1.165, 1.54) is 0 Å². The van der Waals surface area contributed by atoms with E-state index >= 15 is 0 Å². The van der Waals surface area contributed by atoms with Gasteiger partial charge in [0, 0.05) is 6.54 Å². The van der Waals surface area contributed by atoms with Crippen LogP contribution in [0.2, 0.25) is 0 Å². The third-order valence-electron chi connectivity index (χ3n) is 4.10. The monoisotopic (exact) mass is 354 g/mol. The number of ether oxygens (including phenoxy) is 2. The van der Waals surface area contributed by atoms with Crippen LogP contribution in [0.5, 0.6) is 11.5 Å². The summed E-state index contributed by atoms with van der Waals surface area (Å²) in [5, 5.41) is 5.40. The molecule has 0 saturated heterocycles. The Morgan fingerprint density at radius 3 is 2.31 bits per heavy atom. The lowest BCUT2D eigenvalue weighted by Gasteiger charge is -2.30. The lowest BCUT2D eigenvalue weighted by atomic mass is 10.1. The highest BCUT2D eigenvalue weighted by atomic mass is 16.6. The summed E-state index contributed by atoms with van der Waals surface area (Å²) in [6.45, 7) is 2.19. The van der Waals surface area contributed by atoms with Gasteiger partial charge in [0.15, 0.2) is 11.5 Å². The highest BCUT2D eigenvalue weighted by Crippen LogP contribution is 2.33. The Morgan fingerprint density at radius 2 is 1.58 bits per heavy atom. The van der Waals surface area contributed by atoms with Gasteiger partial charge in [-0.2, -0.15) is 0 Å². The number of rotatable bonds is 6. The summed E-state index contributed by atoms with van der Waals surface area (Å²) in [6, 6.07) is 17.1. The first-order chi connectivity index (χ1) is 12.6. The molecule has 2 amide bonds.